The van der Waals surface area contributed by atoms with Crippen molar-refractivity contribution in [3.05, 3.63) is 36.3 Å². The first-order valence-electron chi connectivity index (χ1n) is 9.53. The van der Waals surface area contributed by atoms with Crippen LogP contribution in [0.2, 0.25) is 0 Å². The molecule has 0 saturated carbocycles. The molecule has 134 valence electrons. The lowest BCUT2D eigenvalue weighted by molar-refractivity contribution is 0.146. The molecule has 25 heavy (non-hydrogen) atoms. The molecular formula is C20H28N4O. The van der Waals surface area contributed by atoms with Crippen LogP contribution in [-0.4, -0.2) is 46.2 Å². The Morgan fingerprint density at radius 3 is 2.84 bits per heavy atom. The minimum absolute atomic E-state index is 0.479. The van der Waals surface area contributed by atoms with Crippen molar-refractivity contribution in [2.75, 3.05) is 26.7 Å². The molecule has 3 heterocycles. The summed E-state index contributed by atoms with van der Waals surface area (Å²) >= 11 is 0. The molecule has 0 N–H and O–H groups in total. The van der Waals surface area contributed by atoms with Crippen LogP contribution >= 0.6 is 0 Å². The summed E-state index contributed by atoms with van der Waals surface area (Å²) in [4.78, 5) is 12.0. The number of piperidine rings is 1. The Hall–Kier alpha value is -1.72. The number of methoxy groups -OCH3 is 1. The third-order valence-electron chi connectivity index (χ3n) is 5.61. The normalized spacial score (nSPS) is 22.7. The van der Waals surface area contributed by atoms with E-state index in [2.05, 4.69) is 26.6 Å². The second kappa shape index (κ2) is 7.67. The number of rotatable bonds is 5. The number of nitrogens with zero attached hydrogens (tertiary/aromatic N) is 4. The van der Waals surface area contributed by atoms with E-state index in [1.54, 1.807) is 7.11 Å². The quantitative estimate of drug-likeness (QED) is 0.781. The minimum Gasteiger partial charge on any atom is -0.377 e. The van der Waals surface area contributed by atoms with Crippen molar-refractivity contribution < 1.29 is 4.74 Å². The van der Waals surface area contributed by atoms with Crippen molar-refractivity contribution >= 4 is 11.2 Å². The number of hydrogen-bond donors (Lipinski definition) is 0. The Balaban J connectivity index is 1.46. The molecule has 0 unspecified atom stereocenters. The van der Waals surface area contributed by atoms with Crippen molar-refractivity contribution in [1.82, 2.24) is 19.4 Å². The summed E-state index contributed by atoms with van der Waals surface area (Å²) in [5.41, 5.74) is 1.98. The van der Waals surface area contributed by atoms with Gasteiger partial charge in [0.1, 0.15) is 17.9 Å². The predicted octanol–water partition coefficient (Wildman–Crippen LogP) is 3.57. The molecule has 0 spiro atoms. The maximum absolute atomic E-state index is 5.38. The van der Waals surface area contributed by atoms with E-state index in [-0.39, 0.29) is 0 Å². The molecule has 1 aliphatic heterocycles. The molecule has 0 aromatic carbocycles. The number of pyridine rings is 1. The molecule has 2 aromatic heterocycles. The summed E-state index contributed by atoms with van der Waals surface area (Å²) < 4.78 is 7.72. The van der Waals surface area contributed by atoms with E-state index in [0.717, 1.165) is 22.9 Å². The molecule has 1 aliphatic carbocycles. The first kappa shape index (κ1) is 16.7. The van der Waals surface area contributed by atoms with Crippen LogP contribution in [0.4, 0.5) is 0 Å². The Kier molecular flexibility index (Phi) is 5.13. The Labute approximate surface area is 149 Å². The van der Waals surface area contributed by atoms with Crippen LogP contribution in [0.15, 0.2) is 30.5 Å². The zero-order chi connectivity index (χ0) is 17.1. The highest BCUT2D eigenvalue weighted by Gasteiger charge is 2.26. The van der Waals surface area contributed by atoms with Crippen LogP contribution < -0.4 is 0 Å². The summed E-state index contributed by atoms with van der Waals surface area (Å²) in [5.74, 6) is 1.86. The molecule has 1 saturated heterocycles. The molecule has 2 aliphatic rings. The average Bonchev–Trinajstić information content (AvgIpc) is 3.02. The molecule has 0 radical (unpaired) electrons. The highest BCUT2D eigenvalue weighted by atomic mass is 16.5. The first-order chi connectivity index (χ1) is 12.3. The summed E-state index contributed by atoms with van der Waals surface area (Å²) in [6.07, 6.45) is 12.8. The van der Waals surface area contributed by atoms with Gasteiger partial charge in [0, 0.05) is 39.0 Å². The lowest BCUT2D eigenvalue weighted by atomic mass is 9.93. The summed E-state index contributed by atoms with van der Waals surface area (Å²) in [6, 6.07) is 4.48. The number of imidazole rings is 1. The van der Waals surface area contributed by atoms with Crippen LogP contribution in [0, 0.1) is 5.92 Å². The van der Waals surface area contributed by atoms with Gasteiger partial charge in [-0.2, -0.15) is 0 Å². The maximum atomic E-state index is 5.38. The minimum atomic E-state index is 0.479. The SMILES string of the molecule is COCc1nc2cccnc2n1C1CCN(C[C@H]2CC=CCC2)CC1. The average molecular weight is 340 g/mol. The zero-order valence-electron chi connectivity index (χ0n) is 15.1. The number of allylic oxidation sites excluding steroid dienone is 2. The largest absolute Gasteiger partial charge is 0.377 e. The third kappa shape index (κ3) is 3.62. The van der Waals surface area contributed by atoms with Gasteiger partial charge in [0.05, 0.1) is 0 Å². The molecule has 5 nitrogen and oxygen atoms in total. The van der Waals surface area contributed by atoms with Gasteiger partial charge in [-0.25, -0.2) is 9.97 Å². The second-order valence-electron chi connectivity index (χ2n) is 7.36. The predicted molar refractivity (Wildman–Crippen MR) is 99.4 cm³/mol. The molecule has 5 heteroatoms. The van der Waals surface area contributed by atoms with Gasteiger partial charge in [-0.05, 0) is 50.2 Å². The van der Waals surface area contributed by atoms with Gasteiger partial charge in [0.15, 0.2) is 5.65 Å². The Morgan fingerprint density at radius 1 is 1.20 bits per heavy atom. The first-order valence-corrected chi connectivity index (χ1v) is 9.53. The van der Waals surface area contributed by atoms with Gasteiger partial charge < -0.3 is 14.2 Å². The van der Waals surface area contributed by atoms with Crippen molar-refractivity contribution in [1.29, 1.82) is 0 Å². The van der Waals surface area contributed by atoms with Crippen molar-refractivity contribution in [3.63, 3.8) is 0 Å². The van der Waals surface area contributed by atoms with Crippen LogP contribution in [0.3, 0.4) is 0 Å². The molecule has 1 atom stereocenters. The smallest absolute Gasteiger partial charge is 0.160 e. The van der Waals surface area contributed by atoms with Gasteiger partial charge in [0.2, 0.25) is 0 Å². The maximum Gasteiger partial charge on any atom is 0.160 e. The number of hydrogen-bond acceptors (Lipinski definition) is 4. The van der Waals surface area contributed by atoms with Gasteiger partial charge in [0.25, 0.3) is 0 Å². The monoisotopic (exact) mass is 340 g/mol. The lowest BCUT2D eigenvalue weighted by Gasteiger charge is -2.35. The molecule has 4 rings (SSSR count). The van der Waals surface area contributed by atoms with E-state index in [1.165, 1.54) is 51.7 Å². The molecule has 2 aromatic rings. The van der Waals surface area contributed by atoms with Crippen molar-refractivity contribution in [2.45, 2.75) is 44.8 Å². The van der Waals surface area contributed by atoms with Crippen LogP contribution in [0.5, 0.6) is 0 Å². The van der Waals surface area contributed by atoms with E-state index in [1.807, 2.05) is 18.3 Å². The topological polar surface area (TPSA) is 43.2 Å². The number of likely N-dealkylation sites (tertiary alicyclic amines) is 1. The summed E-state index contributed by atoms with van der Waals surface area (Å²) in [7, 11) is 1.73. The Morgan fingerprint density at radius 2 is 2.08 bits per heavy atom. The van der Waals surface area contributed by atoms with Gasteiger partial charge in [-0.15, -0.1) is 0 Å². The lowest BCUT2D eigenvalue weighted by Crippen LogP contribution is -2.38. The van der Waals surface area contributed by atoms with Crippen LogP contribution in [0.25, 0.3) is 11.2 Å². The Bertz CT molecular complexity index is 730. The van der Waals surface area contributed by atoms with Gasteiger partial charge in [-0.1, -0.05) is 12.2 Å². The molecule has 0 bridgehead atoms. The standard InChI is InChI=1S/C20H28N4O/c1-25-15-19-22-18-8-5-11-21-20(18)24(19)17-9-12-23(13-10-17)14-16-6-3-2-4-7-16/h2-3,5,8,11,16-17H,4,6-7,9-10,12-15H2,1H3/t16-/m0/s1. The van der Waals surface area contributed by atoms with E-state index >= 15 is 0 Å². The van der Waals surface area contributed by atoms with Gasteiger partial charge >= 0.3 is 0 Å². The fraction of sp³-hybridized carbons (Fsp3) is 0.600. The molecular weight excluding hydrogens is 312 g/mol. The zero-order valence-corrected chi connectivity index (χ0v) is 15.1. The van der Waals surface area contributed by atoms with E-state index in [4.69, 9.17) is 9.72 Å². The van der Waals surface area contributed by atoms with Crippen LogP contribution in [0.1, 0.15) is 44.0 Å². The van der Waals surface area contributed by atoms with E-state index < -0.39 is 0 Å². The molecule has 0 amide bonds. The highest BCUT2D eigenvalue weighted by molar-refractivity contribution is 5.71. The number of aromatic nitrogens is 3. The third-order valence-corrected chi connectivity index (χ3v) is 5.61. The number of fused-ring (bicyclic) bond motifs is 1. The highest BCUT2D eigenvalue weighted by Crippen LogP contribution is 2.29. The van der Waals surface area contributed by atoms with E-state index in [0.29, 0.717) is 12.6 Å². The van der Waals surface area contributed by atoms with E-state index in [9.17, 15) is 0 Å². The van der Waals surface area contributed by atoms with Crippen molar-refractivity contribution in [3.8, 4) is 0 Å². The fourth-order valence-electron chi connectivity index (χ4n) is 4.34. The van der Waals surface area contributed by atoms with Crippen molar-refractivity contribution in [2.24, 2.45) is 5.92 Å². The summed E-state index contributed by atoms with van der Waals surface area (Å²) in [6.45, 7) is 4.14. The van der Waals surface area contributed by atoms with Gasteiger partial charge in [-0.3, -0.25) is 0 Å². The fourth-order valence-corrected chi connectivity index (χ4v) is 4.34. The van der Waals surface area contributed by atoms with Crippen LogP contribution in [-0.2, 0) is 11.3 Å². The number of ether oxygens (including phenoxy) is 1. The molecule has 1 fully saturated rings. The summed E-state index contributed by atoms with van der Waals surface area (Å²) in [5, 5.41) is 0. The second-order valence-corrected chi connectivity index (χ2v) is 7.36.